The summed E-state index contributed by atoms with van der Waals surface area (Å²) in [5.41, 5.74) is 1.31. The number of fused-ring (bicyclic) bond motifs is 1. The average Bonchev–Trinajstić information content (AvgIpc) is 2.72. The normalized spacial score (nSPS) is 10.7. The number of aromatic nitrogens is 5. The Bertz CT molecular complexity index is 1190. The number of anilines is 1. The van der Waals surface area contributed by atoms with E-state index in [4.69, 9.17) is 0 Å². The number of carbonyl (C=O) groups excluding carboxylic acids is 1. The summed E-state index contributed by atoms with van der Waals surface area (Å²) in [5.74, 6) is -0.0215. The van der Waals surface area contributed by atoms with Gasteiger partial charge in [-0.2, -0.15) is 0 Å². The number of nitrogens with one attached hydrogen (secondary N) is 1. The highest BCUT2D eigenvalue weighted by Gasteiger charge is 2.15. The van der Waals surface area contributed by atoms with E-state index in [2.05, 4.69) is 25.3 Å². The molecule has 0 bridgehead atoms. The molecule has 3 heterocycles. The molecule has 1 aromatic carbocycles. The number of rotatable bonds is 3. The maximum absolute atomic E-state index is 12.8. The van der Waals surface area contributed by atoms with Crippen LogP contribution in [0, 0.1) is 0 Å². The number of hydrogen-bond donors (Lipinski definition) is 1. The van der Waals surface area contributed by atoms with E-state index >= 15 is 0 Å². The third kappa shape index (κ3) is 3.04. The monoisotopic (exact) mass is 358 g/mol. The van der Waals surface area contributed by atoms with Crippen molar-refractivity contribution in [3.05, 3.63) is 77.2 Å². The first kappa shape index (κ1) is 16.5. The summed E-state index contributed by atoms with van der Waals surface area (Å²) in [6.45, 7) is 0. The third-order valence-electron chi connectivity index (χ3n) is 4.04. The molecule has 0 aliphatic heterocycles. The molecule has 3 aromatic heterocycles. The van der Waals surface area contributed by atoms with Crippen molar-refractivity contribution in [3.63, 3.8) is 0 Å². The Morgan fingerprint density at radius 1 is 1.04 bits per heavy atom. The Morgan fingerprint density at radius 2 is 1.93 bits per heavy atom. The van der Waals surface area contributed by atoms with Crippen LogP contribution in [0.3, 0.4) is 0 Å². The largest absolute Gasteiger partial charge is 0.319 e. The van der Waals surface area contributed by atoms with Crippen molar-refractivity contribution in [2.45, 2.75) is 0 Å². The van der Waals surface area contributed by atoms with Crippen molar-refractivity contribution in [2.75, 3.05) is 5.32 Å². The van der Waals surface area contributed by atoms with Crippen LogP contribution in [0.1, 0.15) is 10.5 Å². The number of hydrogen-bond acceptors (Lipinski definition) is 6. The summed E-state index contributed by atoms with van der Waals surface area (Å²) < 4.78 is 1.44. The van der Waals surface area contributed by atoms with Crippen LogP contribution in [0.4, 0.5) is 5.69 Å². The molecule has 0 spiro atoms. The molecule has 0 aliphatic carbocycles. The fourth-order valence-electron chi connectivity index (χ4n) is 2.72. The lowest BCUT2D eigenvalue weighted by Gasteiger charge is -2.12. The molecule has 1 N–H and O–H groups in total. The summed E-state index contributed by atoms with van der Waals surface area (Å²) in [4.78, 5) is 42.0. The fourth-order valence-corrected chi connectivity index (χ4v) is 2.72. The van der Waals surface area contributed by atoms with Crippen LogP contribution in [0.15, 0.2) is 66.0 Å². The molecular formula is C19H14N6O2. The first-order chi connectivity index (χ1) is 13.1. The summed E-state index contributed by atoms with van der Waals surface area (Å²) in [6.07, 6.45) is 5.92. The minimum atomic E-state index is -0.433. The van der Waals surface area contributed by atoms with Gasteiger partial charge in [0.15, 0.2) is 5.82 Å². The number of carbonyl (C=O) groups is 1. The van der Waals surface area contributed by atoms with E-state index in [9.17, 15) is 9.59 Å². The van der Waals surface area contributed by atoms with Crippen LogP contribution in [0.2, 0.25) is 0 Å². The van der Waals surface area contributed by atoms with Crippen molar-refractivity contribution >= 4 is 22.5 Å². The quantitative estimate of drug-likeness (QED) is 0.601. The van der Waals surface area contributed by atoms with E-state index in [0.29, 0.717) is 28.1 Å². The molecule has 0 unspecified atom stereocenters. The Hall–Kier alpha value is -3.94. The van der Waals surface area contributed by atoms with E-state index in [1.165, 1.54) is 23.2 Å². The van der Waals surface area contributed by atoms with Gasteiger partial charge in [0.1, 0.15) is 16.9 Å². The van der Waals surface area contributed by atoms with Gasteiger partial charge in [0.05, 0.1) is 17.3 Å². The van der Waals surface area contributed by atoms with Gasteiger partial charge in [-0.3, -0.25) is 24.1 Å². The molecule has 132 valence electrons. The number of para-hydroxylation sites is 1. The topological polar surface area (TPSA) is 103 Å². The number of benzene rings is 1. The smallest absolute Gasteiger partial charge is 0.275 e. The van der Waals surface area contributed by atoms with Crippen molar-refractivity contribution < 1.29 is 4.79 Å². The molecule has 0 saturated heterocycles. The van der Waals surface area contributed by atoms with E-state index in [1.807, 2.05) is 6.07 Å². The molecule has 4 aromatic rings. The molecule has 0 saturated carbocycles. The van der Waals surface area contributed by atoms with Gasteiger partial charge in [-0.1, -0.05) is 12.1 Å². The minimum absolute atomic E-state index is 0.170. The lowest BCUT2D eigenvalue weighted by atomic mass is 10.2. The Labute approximate surface area is 153 Å². The lowest BCUT2D eigenvalue weighted by molar-refractivity contribution is 0.102. The second-order valence-corrected chi connectivity index (χ2v) is 5.76. The molecule has 8 heteroatoms. The van der Waals surface area contributed by atoms with Crippen LogP contribution in [0.25, 0.3) is 22.4 Å². The molecule has 0 atom stereocenters. The molecule has 0 fully saturated rings. The first-order valence-corrected chi connectivity index (χ1v) is 8.13. The number of amides is 1. The predicted octanol–water partition coefficient (Wildman–Crippen LogP) is 2.04. The van der Waals surface area contributed by atoms with Gasteiger partial charge < -0.3 is 5.32 Å². The lowest BCUT2D eigenvalue weighted by Crippen LogP contribution is -2.22. The molecule has 0 radical (unpaired) electrons. The molecule has 4 rings (SSSR count). The van der Waals surface area contributed by atoms with E-state index in [0.717, 1.165) is 0 Å². The highest BCUT2D eigenvalue weighted by molar-refractivity contribution is 6.07. The summed E-state index contributed by atoms with van der Waals surface area (Å²) in [5, 5.41) is 3.15. The van der Waals surface area contributed by atoms with Gasteiger partial charge in [-0.05, 0) is 24.3 Å². The van der Waals surface area contributed by atoms with Gasteiger partial charge >= 0.3 is 0 Å². The van der Waals surface area contributed by atoms with Crippen LogP contribution < -0.4 is 10.9 Å². The van der Waals surface area contributed by atoms with Crippen molar-refractivity contribution in [1.29, 1.82) is 0 Å². The standard InChI is InChI=1S/C19H14N6O2/c1-25-17(14-6-2-3-8-21-14)24-16-12(19(25)27)5-4-7-13(16)23-18(26)15-11-20-9-10-22-15/h2-11H,1H3,(H,23,26). The average molecular weight is 358 g/mol. The predicted molar refractivity (Wildman–Crippen MR) is 100 cm³/mol. The summed E-state index contributed by atoms with van der Waals surface area (Å²) in [7, 11) is 1.64. The Kier molecular flexibility index (Phi) is 4.13. The Morgan fingerprint density at radius 3 is 2.67 bits per heavy atom. The van der Waals surface area contributed by atoms with Crippen LogP contribution in [-0.2, 0) is 7.05 Å². The maximum Gasteiger partial charge on any atom is 0.275 e. The van der Waals surface area contributed by atoms with Gasteiger partial charge in [-0.25, -0.2) is 9.97 Å². The fraction of sp³-hybridized carbons (Fsp3) is 0.0526. The molecular weight excluding hydrogens is 344 g/mol. The van der Waals surface area contributed by atoms with Crippen molar-refractivity contribution in [1.82, 2.24) is 24.5 Å². The second-order valence-electron chi connectivity index (χ2n) is 5.76. The van der Waals surface area contributed by atoms with Crippen LogP contribution >= 0.6 is 0 Å². The zero-order valence-electron chi connectivity index (χ0n) is 14.3. The number of pyridine rings is 1. The zero-order valence-corrected chi connectivity index (χ0v) is 14.3. The SMILES string of the molecule is Cn1c(-c2ccccn2)nc2c(NC(=O)c3cnccn3)cccc2c1=O. The maximum atomic E-state index is 12.8. The van der Waals surface area contributed by atoms with Gasteiger partial charge in [0.2, 0.25) is 0 Å². The highest BCUT2D eigenvalue weighted by atomic mass is 16.2. The van der Waals surface area contributed by atoms with Crippen molar-refractivity contribution in [3.8, 4) is 11.5 Å². The summed E-state index contributed by atoms with van der Waals surface area (Å²) >= 11 is 0. The van der Waals surface area contributed by atoms with Gasteiger partial charge in [0, 0.05) is 25.6 Å². The van der Waals surface area contributed by atoms with Crippen LogP contribution in [0.5, 0.6) is 0 Å². The third-order valence-corrected chi connectivity index (χ3v) is 4.04. The van der Waals surface area contributed by atoms with Crippen molar-refractivity contribution in [2.24, 2.45) is 7.05 Å². The molecule has 27 heavy (non-hydrogen) atoms. The minimum Gasteiger partial charge on any atom is -0.319 e. The van der Waals surface area contributed by atoms with Gasteiger partial charge in [0.25, 0.3) is 11.5 Å². The van der Waals surface area contributed by atoms with Crippen LogP contribution in [-0.4, -0.2) is 30.4 Å². The number of nitrogens with zero attached hydrogens (tertiary/aromatic N) is 5. The second kappa shape index (κ2) is 6.75. The molecule has 0 aliphatic rings. The van der Waals surface area contributed by atoms with Gasteiger partial charge in [-0.15, -0.1) is 0 Å². The summed E-state index contributed by atoms with van der Waals surface area (Å²) in [6, 6.07) is 10.4. The van der Waals surface area contributed by atoms with E-state index in [-0.39, 0.29) is 11.3 Å². The highest BCUT2D eigenvalue weighted by Crippen LogP contribution is 2.22. The first-order valence-electron chi connectivity index (χ1n) is 8.13. The Balaban J connectivity index is 1.86. The molecule has 8 nitrogen and oxygen atoms in total. The molecule has 1 amide bonds. The van der Waals surface area contributed by atoms with E-state index in [1.54, 1.807) is 43.6 Å². The zero-order chi connectivity index (χ0) is 18.8. The van der Waals surface area contributed by atoms with E-state index < -0.39 is 5.91 Å².